The van der Waals surface area contributed by atoms with E-state index in [9.17, 15) is 0 Å². The Morgan fingerprint density at radius 1 is 1.33 bits per heavy atom. The minimum Gasteiger partial charge on any atom is -0.399 e. The standard InChI is InChI=1S/C10H16N2/c1-8-9(5-3-7-11)4-2-6-10(8)12/h2,4,6H,3,5,7,11-12H2,1H3. The van der Waals surface area contributed by atoms with Gasteiger partial charge in [0, 0.05) is 5.69 Å². The van der Waals surface area contributed by atoms with Crippen LogP contribution in [-0.2, 0) is 6.42 Å². The zero-order valence-electron chi connectivity index (χ0n) is 7.51. The lowest BCUT2D eigenvalue weighted by Gasteiger charge is -2.06. The van der Waals surface area contributed by atoms with Crippen molar-refractivity contribution in [3.63, 3.8) is 0 Å². The second kappa shape index (κ2) is 4.12. The van der Waals surface area contributed by atoms with E-state index in [1.165, 1.54) is 11.1 Å². The van der Waals surface area contributed by atoms with Crippen LogP contribution in [0.5, 0.6) is 0 Å². The Morgan fingerprint density at radius 3 is 2.75 bits per heavy atom. The molecule has 0 atom stereocenters. The Bertz CT molecular complexity index is 256. The highest BCUT2D eigenvalue weighted by molar-refractivity contribution is 5.49. The van der Waals surface area contributed by atoms with E-state index in [1.54, 1.807) is 0 Å². The molecule has 0 heterocycles. The molecular formula is C10H16N2. The summed E-state index contributed by atoms with van der Waals surface area (Å²) in [6, 6.07) is 6.04. The van der Waals surface area contributed by atoms with Crippen LogP contribution in [0.2, 0.25) is 0 Å². The molecule has 0 amide bonds. The predicted octanol–water partition coefficient (Wildman–Crippen LogP) is 1.47. The van der Waals surface area contributed by atoms with Crippen LogP contribution in [-0.4, -0.2) is 6.54 Å². The molecule has 0 aliphatic carbocycles. The summed E-state index contributed by atoms with van der Waals surface area (Å²) in [5.41, 5.74) is 14.6. The van der Waals surface area contributed by atoms with Crippen molar-refractivity contribution in [2.45, 2.75) is 19.8 Å². The van der Waals surface area contributed by atoms with Crippen LogP contribution in [0.1, 0.15) is 17.5 Å². The topological polar surface area (TPSA) is 52.0 Å². The molecule has 0 aliphatic heterocycles. The van der Waals surface area contributed by atoms with Gasteiger partial charge in [0.05, 0.1) is 0 Å². The highest BCUT2D eigenvalue weighted by Crippen LogP contribution is 2.16. The third kappa shape index (κ3) is 1.98. The number of hydrogen-bond acceptors (Lipinski definition) is 2. The van der Waals surface area contributed by atoms with Crippen molar-refractivity contribution in [1.29, 1.82) is 0 Å². The number of nitrogen functional groups attached to an aromatic ring is 1. The Morgan fingerprint density at radius 2 is 2.08 bits per heavy atom. The summed E-state index contributed by atoms with van der Waals surface area (Å²) >= 11 is 0. The summed E-state index contributed by atoms with van der Waals surface area (Å²) < 4.78 is 0. The van der Waals surface area contributed by atoms with Gasteiger partial charge in [0.15, 0.2) is 0 Å². The normalized spacial score (nSPS) is 10.2. The van der Waals surface area contributed by atoms with E-state index < -0.39 is 0 Å². The fraction of sp³-hybridized carbons (Fsp3) is 0.400. The average Bonchev–Trinajstić information content (AvgIpc) is 2.08. The van der Waals surface area contributed by atoms with Crippen molar-refractivity contribution in [3.8, 4) is 0 Å². The lowest BCUT2D eigenvalue weighted by Crippen LogP contribution is -2.02. The van der Waals surface area contributed by atoms with Gasteiger partial charge in [0.2, 0.25) is 0 Å². The molecule has 0 fully saturated rings. The summed E-state index contributed by atoms with van der Waals surface area (Å²) in [5.74, 6) is 0. The van der Waals surface area contributed by atoms with Gasteiger partial charge >= 0.3 is 0 Å². The molecule has 0 bridgehead atoms. The highest BCUT2D eigenvalue weighted by Gasteiger charge is 1.99. The van der Waals surface area contributed by atoms with Gasteiger partial charge in [-0.15, -0.1) is 0 Å². The smallest absolute Gasteiger partial charge is 0.0346 e. The van der Waals surface area contributed by atoms with Gasteiger partial charge in [-0.3, -0.25) is 0 Å². The van der Waals surface area contributed by atoms with Crippen molar-refractivity contribution in [3.05, 3.63) is 29.3 Å². The van der Waals surface area contributed by atoms with Gasteiger partial charge in [-0.2, -0.15) is 0 Å². The fourth-order valence-electron chi connectivity index (χ4n) is 1.27. The molecule has 0 spiro atoms. The van der Waals surface area contributed by atoms with Crippen molar-refractivity contribution >= 4 is 5.69 Å². The lowest BCUT2D eigenvalue weighted by molar-refractivity contribution is 0.828. The minimum absolute atomic E-state index is 0.744. The Kier molecular flexibility index (Phi) is 3.11. The van der Waals surface area contributed by atoms with Gasteiger partial charge < -0.3 is 11.5 Å². The third-order valence-corrected chi connectivity index (χ3v) is 2.14. The highest BCUT2D eigenvalue weighted by atomic mass is 14.6. The molecule has 4 N–H and O–H groups in total. The van der Waals surface area contributed by atoms with Crippen LogP contribution < -0.4 is 11.5 Å². The average molecular weight is 164 g/mol. The summed E-state index contributed by atoms with van der Waals surface area (Å²) in [4.78, 5) is 0. The number of anilines is 1. The van der Waals surface area contributed by atoms with E-state index in [4.69, 9.17) is 11.5 Å². The van der Waals surface area contributed by atoms with Gasteiger partial charge in [0.25, 0.3) is 0 Å². The summed E-state index contributed by atoms with van der Waals surface area (Å²) in [5, 5.41) is 0. The molecule has 0 unspecified atom stereocenters. The molecule has 1 aromatic rings. The zero-order chi connectivity index (χ0) is 8.97. The van der Waals surface area contributed by atoms with E-state index in [1.807, 2.05) is 12.1 Å². The Balaban J connectivity index is 2.78. The fourth-order valence-corrected chi connectivity index (χ4v) is 1.27. The quantitative estimate of drug-likeness (QED) is 0.665. The second-order valence-electron chi connectivity index (χ2n) is 3.02. The van der Waals surface area contributed by atoms with Crippen LogP contribution in [0.4, 0.5) is 5.69 Å². The Hall–Kier alpha value is -1.02. The van der Waals surface area contributed by atoms with Crippen molar-refractivity contribution in [2.75, 3.05) is 12.3 Å². The van der Waals surface area contributed by atoms with Crippen molar-refractivity contribution < 1.29 is 0 Å². The van der Waals surface area contributed by atoms with Crippen LogP contribution >= 0.6 is 0 Å². The number of benzene rings is 1. The third-order valence-electron chi connectivity index (χ3n) is 2.14. The lowest BCUT2D eigenvalue weighted by atomic mass is 10.0. The zero-order valence-corrected chi connectivity index (χ0v) is 7.51. The maximum Gasteiger partial charge on any atom is 0.0346 e. The van der Waals surface area contributed by atoms with Gasteiger partial charge in [-0.05, 0) is 43.5 Å². The maximum absolute atomic E-state index is 5.76. The molecule has 12 heavy (non-hydrogen) atoms. The molecule has 0 radical (unpaired) electrons. The van der Waals surface area contributed by atoms with E-state index in [0.29, 0.717) is 0 Å². The van der Waals surface area contributed by atoms with E-state index in [0.717, 1.165) is 25.1 Å². The molecule has 0 saturated heterocycles. The van der Waals surface area contributed by atoms with Crippen molar-refractivity contribution in [1.82, 2.24) is 0 Å². The SMILES string of the molecule is Cc1c(N)cccc1CCCN. The summed E-state index contributed by atoms with van der Waals surface area (Å²) in [6.45, 7) is 2.80. The van der Waals surface area contributed by atoms with Gasteiger partial charge in [-0.1, -0.05) is 12.1 Å². The van der Waals surface area contributed by atoms with Gasteiger partial charge in [0.1, 0.15) is 0 Å². The van der Waals surface area contributed by atoms with Gasteiger partial charge in [-0.25, -0.2) is 0 Å². The molecule has 2 heteroatoms. The first-order valence-electron chi connectivity index (χ1n) is 4.29. The number of rotatable bonds is 3. The number of hydrogen-bond donors (Lipinski definition) is 2. The van der Waals surface area contributed by atoms with E-state index in [-0.39, 0.29) is 0 Å². The van der Waals surface area contributed by atoms with Crippen LogP contribution in [0, 0.1) is 6.92 Å². The first-order chi connectivity index (χ1) is 5.75. The second-order valence-corrected chi connectivity index (χ2v) is 3.02. The van der Waals surface area contributed by atoms with Crippen LogP contribution in [0.25, 0.3) is 0 Å². The van der Waals surface area contributed by atoms with Crippen LogP contribution in [0.3, 0.4) is 0 Å². The first-order valence-corrected chi connectivity index (χ1v) is 4.29. The summed E-state index contributed by atoms with van der Waals surface area (Å²) in [6.07, 6.45) is 2.07. The van der Waals surface area contributed by atoms with Crippen LogP contribution in [0.15, 0.2) is 18.2 Å². The number of aryl methyl sites for hydroxylation is 1. The molecule has 0 saturated carbocycles. The molecule has 0 aromatic heterocycles. The maximum atomic E-state index is 5.76. The number of nitrogens with two attached hydrogens (primary N) is 2. The minimum atomic E-state index is 0.744. The molecule has 66 valence electrons. The van der Waals surface area contributed by atoms with E-state index in [2.05, 4.69) is 13.0 Å². The molecule has 1 aromatic carbocycles. The molecular weight excluding hydrogens is 148 g/mol. The summed E-state index contributed by atoms with van der Waals surface area (Å²) in [7, 11) is 0. The molecule has 2 nitrogen and oxygen atoms in total. The largest absolute Gasteiger partial charge is 0.399 e. The molecule has 1 rings (SSSR count). The monoisotopic (exact) mass is 164 g/mol. The van der Waals surface area contributed by atoms with Crippen molar-refractivity contribution in [2.24, 2.45) is 5.73 Å². The van der Waals surface area contributed by atoms with E-state index >= 15 is 0 Å². The Labute approximate surface area is 73.6 Å². The predicted molar refractivity (Wildman–Crippen MR) is 53.0 cm³/mol. The first kappa shape index (κ1) is 9.07. The molecule has 0 aliphatic rings.